The highest BCUT2D eigenvalue weighted by molar-refractivity contribution is 8.26. The van der Waals surface area contributed by atoms with Crippen LogP contribution in [0.5, 0.6) is 5.75 Å². The Balaban J connectivity index is 1.71. The highest BCUT2D eigenvalue weighted by atomic mass is 35.5. The summed E-state index contributed by atoms with van der Waals surface area (Å²) in [5.74, 6) is 0.858. The van der Waals surface area contributed by atoms with Crippen molar-refractivity contribution >= 4 is 57.6 Å². The van der Waals surface area contributed by atoms with Crippen LogP contribution in [0.3, 0.4) is 0 Å². The predicted molar refractivity (Wildman–Crippen MR) is 107 cm³/mol. The van der Waals surface area contributed by atoms with Gasteiger partial charge in [-0.2, -0.15) is 0 Å². The van der Waals surface area contributed by atoms with E-state index >= 15 is 0 Å². The first-order valence-electron chi connectivity index (χ1n) is 7.80. The lowest BCUT2D eigenvalue weighted by atomic mass is 10.3. The van der Waals surface area contributed by atoms with Crippen LogP contribution in [0, 0.1) is 10.1 Å². The fraction of sp³-hybridized carbons (Fsp3) is 0.176. The number of benzene rings is 1. The van der Waals surface area contributed by atoms with Gasteiger partial charge in [-0.05, 0) is 31.2 Å². The highest BCUT2D eigenvalue weighted by Gasteiger charge is 2.30. The van der Waals surface area contributed by atoms with Gasteiger partial charge in [0.1, 0.15) is 22.4 Å². The summed E-state index contributed by atoms with van der Waals surface area (Å²) in [6, 6.07) is 7.52. The third-order valence-corrected chi connectivity index (χ3v) is 5.25. The number of furan rings is 1. The Bertz CT molecular complexity index is 957. The fourth-order valence-electron chi connectivity index (χ4n) is 2.36. The molecule has 0 spiro atoms. The second-order valence-corrected chi connectivity index (χ2v) is 7.50. The minimum absolute atomic E-state index is 0.00771. The maximum Gasteiger partial charge on any atom is 0.312 e. The Morgan fingerprint density at radius 1 is 1.41 bits per heavy atom. The first-order valence-corrected chi connectivity index (χ1v) is 9.40. The number of nitrogens with zero attached hydrogens (tertiary/aromatic N) is 2. The van der Waals surface area contributed by atoms with E-state index in [-0.39, 0.29) is 29.0 Å². The number of hydrogen-bond donors (Lipinski definition) is 0. The van der Waals surface area contributed by atoms with Gasteiger partial charge in [-0.3, -0.25) is 19.8 Å². The summed E-state index contributed by atoms with van der Waals surface area (Å²) < 4.78 is 11.6. The number of thiocarbonyl (C=S) groups is 1. The molecule has 0 atom stereocenters. The molecule has 2 aromatic rings. The van der Waals surface area contributed by atoms with Crippen molar-refractivity contribution in [1.82, 2.24) is 4.90 Å². The number of hydrogen-bond acceptors (Lipinski definition) is 7. The van der Waals surface area contributed by atoms with Crippen LogP contribution in [0.25, 0.3) is 6.08 Å². The maximum atomic E-state index is 12.2. The van der Waals surface area contributed by atoms with Crippen LogP contribution in [-0.2, 0) is 11.4 Å². The van der Waals surface area contributed by atoms with Crippen molar-refractivity contribution < 1.29 is 18.9 Å². The van der Waals surface area contributed by atoms with E-state index in [0.717, 1.165) is 0 Å². The topological polar surface area (TPSA) is 85.8 Å². The van der Waals surface area contributed by atoms with Crippen molar-refractivity contribution in [1.29, 1.82) is 0 Å². The molecule has 140 valence electrons. The average Bonchev–Trinajstić information content (AvgIpc) is 3.18. The monoisotopic (exact) mass is 424 g/mol. The molecule has 0 bridgehead atoms. The minimum Gasteiger partial charge on any atom is -0.479 e. The molecule has 7 nitrogen and oxygen atoms in total. The van der Waals surface area contributed by atoms with Gasteiger partial charge in [-0.1, -0.05) is 35.6 Å². The smallest absolute Gasteiger partial charge is 0.312 e. The van der Waals surface area contributed by atoms with Crippen molar-refractivity contribution in [2.45, 2.75) is 13.5 Å². The zero-order valence-corrected chi connectivity index (χ0v) is 16.4. The number of carbonyl (C=O) groups excluding carboxylic acids is 1. The lowest BCUT2D eigenvalue weighted by Crippen LogP contribution is -2.27. The van der Waals surface area contributed by atoms with E-state index in [1.54, 1.807) is 18.2 Å². The number of nitro groups is 1. The number of amides is 1. The van der Waals surface area contributed by atoms with Gasteiger partial charge in [0.25, 0.3) is 5.91 Å². The van der Waals surface area contributed by atoms with Gasteiger partial charge in [-0.25, -0.2) is 0 Å². The van der Waals surface area contributed by atoms with Crippen molar-refractivity contribution in [2.24, 2.45) is 0 Å². The van der Waals surface area contributed by atoms with E-state index in [1.165, 1.54) is 34.9 Å². The quantitative estimate of drug-likeness (QED) is 0.289. The van der Waals surface area contributed by atoms with E-state index in [0.29, 0.717) is 27.3 Å². The summed E-state index contributed by atoms with van der Waals surface area (Å²) in [7, 11) is 0. The van der Waals surface area contributed by atoms with Gasteiger partial charge in [0.15, 0.2) is 5.75 Å². The van der Waals surface area contributed by atoms with Crippen LogP contribution in [-0.4, -0.2) is 26.6 Å². The number of likely N-dealkylation sites (N-methyl/N-ethyl adjacent to an activating group) is 1. The molecule has 1 fully saturated rings. The van der Waals surface area contributed by atoms with Crippen LogP contribution in [0.4, 0.5) is 5.69 Å². The molecule has 0 N–H and O–H groups in total. The molecular weight excluding hydrogens is 412 g/mol. The van der Waals surface area contributed by atoms with E-state index < -0.39 is 4.92 Å². The molecule has 0 unspecified atom stereocenters. The molecule has 1 aliphatic rings. The van der Waals surface area contributed by atoms with Gasteiger partial charge in [0.05, 0.1) is 9.83 Å². The lowest BCUT2D eigenvalue weighted by Gasteiger charge is -2.09. The standard InChI is InChI=1S/C17H13ClN2O5S2/c1-2-19-16(21)15(27-17(19)26)8-11-4-5-12(25-11)9-24-14-6-3-10(18)7-13(14)20(22)23/h3-8H,2,9H2,1H3. The van der Waals surface area contributed by atoms with Gasteiger partial charge >= 0.3 is 5.69 Å². The Labute approximate surface area is 169 Å². The normalized spacial score (nSPS) is 15.6. The van der Waals surface area contributed by atoms with E-state index in [1.807, 2.05) is 6.92 Å². The molecule has 0 saturated carbocycles. The Kier molecular flexibility index (Phi) is 5.83. The van der Waals surface area contributed by atoms with Crippen molar-refractivity contribution in [3.05, 3.63) is 61.9 Å². The summed E-state index contributed by atoms with van der Waals surface area (Å²) in [6.07, 6.45) is 1.61. The summed E-state index contributed by atoms with van der Waals surface area (Å²) in [6.45, 7) is 2.36. The zero-order valence-electron chi connectivity index (χ0n) is 14.0. The number of thioether (sulfide) groups is 1. The fourth-order valence-corrected chi connectivity index (χ4v) is 3.89. The number of ether oxygens (including phenoxy) is 1. The molecule has 27 heavy (non-hydrogen) atoms. The van der Waals surface area contributed by atoms with Crippen LogP contribution in [0.15, 0.2) is 39.7 Å². The number of halogens is 1. The average molecular weight is 425 g/mol. The molecular formula is C17H13ClN2O5S2. The first kappa shape index (κ1) is 19.4. The number of carbonyl (C=O) groups is 1. The maximum absolute atomic E-state index is 12.2. The van der Waals surface area contributed by atoms with Gasteiger partial charge in [0, 0.05) is 23.7 Å². The SMILES string of the molecule is CCN1C(=O)C(=Cc2ccc(COc3ccc(Cl)cc3[N+](=O)[O-])o2)SC1=S. The largest absolute Gasteiger partial charge is 0.479 e. The molecule has 0 radical (unpaired) electrons. The minimum atomic E-state index is -0.565. The van der Waals surface area contributed by atoms with E-state index in [9.17, 15) is 14.9 Å². The van der Waals surface area contributed by atoms with Crippen LogP contribution < -0.4 is 4.74 Å². The third kappa shape index (κ3) is 4.32. The molecule has 1 aromatic heterocycles. The summed E-state index contributed by atoms with van der Waals surface area (Å²) in [5.41, 5.74) is -0.225. The van der Waals surface area contributed by atoms with E-state index in [2.05, 4.69) is 0 Å². The summed E-state index contributed by atoms with van der Waals surface area (Å²) in [5, 5.41) is 11.3. The predicted octanol–water partition coefficient (Wildman–Crippen LogP) is 4.64. The summed E-state index contributed by atoms with van der Waals surface area (Å²) in [4.78, 5) is 24.7. The Morgan fingerprint density at radius 2 is 2.19 bits per heavy atom. The Hall–Kier alpha value is -2.36. The highest BCUT2D eigenvalue weighted by Crippen LogP contribution is 2.33. The summed E-state index contributed by atoms with van der Waals surface area (Å²) >= 11 is 12.2. The van der Waals surface area contributed by atoms with Gasteiger partial charge in [0.2, 0.25) is 0 Å². The third-order valence-electron chi connectivity index (χ3n) is 3.63. The molecule has 3 rings (SSSR count). The lowest BCUT2D eigenvalue weighted by molar-refractivity contribution is -0.385. The molecule has 1 saturated heterocycles. The number of nitro benzene ring substituents is 1. The second kappa shape index (κ2) is 8.12. The molecule has 1 aromatic carbocycles. The molecule has 0 aliphatic carbocycles. The molecule has 1 aliphatic heterocycles. The molecule has 10 heteroatoms. The zero-order chi connectivity index (χ0) is 19.6. The van der Waals surface area contributed by atoms with Crippen LogP contribution in [0.1, 0.15) is 18.4 Å². The van der Waals surface area contributed by atoms with Gasteiger partial charge < -0.3 is 9.15 Å². The molecule has 1 amide bonds. The molecule has 2 heterocycles. The van der Waals surface area contributed by atoms with Crippen molar-refractivity contribution in [3.63, 3.8) is 0 Å². The van der Waals surface area contributed by atoms with Crippen molar-refractivity contribution in [3.8, 4) is 5.75 Å². The number of rotatable bonds is 6. The second-order valence-electron chi connectivity index (χ2n) is 5.39. The van der Waals surface area contributed by atoms with Crippen LogP contribution in [0.2, 0.25) is 5.02 Å². The Morgan fingerprint density at radius 3 is 2.85 bits per heavy atom. The van der Waals surface area contributed by atoms with Crippen molar-refractivity contribution in [2.75, 3.05) is 6.54 Å². The van der Waals surface area contributed by atoms with E-state index in [4.69, 9.17) is 33.0 Å². The van der Waals surface area contributed by atoms with Crippen LogP contribution >= 0.6 is 35.6 Å². The first-order chi connectivity index (χ1) is 12.9. The van der Waals surface area contributed by atoms with Gasteiger partial charge in [-0.15, -0.1) is 0 Å².